The molecule has 2 aliphatic heterocycles. The van der Waals surface area contributed by atoms with Crippen molar-refractivity contribution in [3.63, 3.8) is 0 Å². The Morgan fingerprint density at radius 1 is 1.39 bits per heavy atom. The van der Waals surface area contributed by atoms with Crippen LogP contribution in [0.15, 0.2) is 24.3 Å². The lowest BCUT2D eigenvalue weighted by Crippen LogP contribution is -2.57. The highest BCUT2D eigenvalue weighted by molar-refractivity contribution is 5.79. The lowest BCUT2D eigenvalue weighted by Gasteiger charge is -2.42. The van der Waals surface area contributed by atoms with Gasteiger partial charge < -0.3 is 24.4 Å². The smallest absolute Gasteiger partial charge is 0.302 e. The topological polar surface area (TPSA) is 102 Å². The van der Waals surface area contributed by atoms with Crippen molar-refractivity contribution < 1.29 is 34.0 Å². The predicted molar refractivity (Wildman–Crippen MR) is 102 cm³/mol. The fourth-order valence-electron chi connectivity index (χ4n) is 4.25. The first-order valence-corrected chi connectivity index (χ1v) is 9.74. The number of rotatable bonds is 9. The summed E-state index contributed by atoms with van der Waals surface area (Å²) >= 11 is 0. The summed E-state index contributed by atoms with van der Waals surface area (Å²) in [4.78, 5) is 23.1. The molecule has 0 aliphatic carbocycles. The second-order valence-corrected chi connectivity index (χ2v) is 7.87. The largest absolute Gasteiger partial charge is 0.465 e. The van der Waals surface area contributed by atoms with E-state index in [2.05, 4.69) is 6.58 Å². The number of ether oxygens (including phenoxy) is 3. The summed E-state index contributed by atoms with van der Waals surface area (Å²) in [6, 6.07) is 0. The van der Waals surface area contributed by atoms with E-state index in [1.54, 1.807) is 13.8 Å². The number of esters is 1. The minimum atomic E-state index is -1.54. The van der Waals surface area contributed by atoms with E-state index in [4.69, 9.17) is 14.2 Å². The van der Waals surface area contributed by atoms with Crippen molar-refractivity contribution in [2.45, 2.75) is 77.2 Å². The van der Waals surface area contributed by atoms with Gasteiger partial charge in [0.05, 0.1) is 24.2 Å². The van der Waals surface area contributed by atoms with Gasteiger partial charge >= 0.3 is 5.97 Å². The Labute approximate surface area is 166 Å². The lowest BCUT2D eigenvalue weighted by molar-refractivity contribution is -0.193. The number of carbonyl (C=O) groups is 2. The van der Waals surface area contributed by atoms with Crippen molar-refractivity contribution in [3.8, 4) is 0 Å². The van der Waals surface area contributed by atoms with Gasteiger partial charge in [0.1, 0.15) is 18.0 Å². The maximum absolute atomic E-state index is 11.8. The van der Waals surface area contributed by atoms with Crippen LogP contribution in [0.4, 0.5) is 0 Å². The van der Waals surface area contributed by atoms with Crippen LogP contribution in [0.3, 0.4) is 0 Å². The van der Waals surface area contributed by atoms with Crippen LogP contribution in [0.5, 0.6) is 0 Å². The molecule has 2 fully saturated rings. The number of fused-ring (bicyclic) bond motifs is 2. The minimum Gasteiger partial charge on any atom is -0.465 e. The molecule has 2 rings (SSSR count). The predicted octanol–water partition coefficient (Wildman–Crippen LogP) is 1.91. The number of hydrogen-bond donors (Lipinski definition) is 2. The average molecular weight is 396 g/mol. The molecule has 0 aromatic rings. The minimum absolute atomic E-state index is 0.0802. The Morgan fingerprint density at radius 3 is 2.57 bits per heavy atom. The zero-order chi connectivity index (χ0) is 21.3. The molecule has 2 saturated heterocycles. The fraction of sp³-hybridized carbons (Fsp3) is 0.714. The van der Waals surface area contributed by atoms with Crippen molar-refractivity contribution in [3.05, 3.63) is 24.3 Å². The molecule has 2 aliphatic rings. The van der Waals surface area contributed by atoms with Crippen LogP contribution in [0.2, 0.25) is 0 Å². The van der Waals surface area contributed by atoms with Crippen LogP contribution in [-0.4, -0.2) is 58.3 Å². The van der Waals surface area contributed by atoms with Gasteiger partial charge in [-0.1, -0.05) is 32.6 Å². The first kappa shape index (κ1) is 22.7. The number of hydrogen-bond acceptors (Lipinski definition) is 7. The Hall–Kier alpha value is -1.54. The van der Waals surface area contributed by atoms with Crippen molar-refractivity contribution in [2.24, 2.45) is 11.8 Å². The Balaban J connectivity index is 2.40. The second kappa shape index (κ2) is 8.45. The summed E-state index contributed by atoms with van der Waals surface area (Å²) in [6.45, 7) is 12.4. The van der Waals surface area contributed by atoms with Crippen molar-refractivity contribution in [1.82, 2.24) is 0 Å². The molecule has 0 radical (unpaired) electrons. The number of ketones is 1. The van der Waals surface area contributed by atoms with Gasteiger partial charge in [0.15, 0.2) is 0 Å². The number of allylic oxidation sites excluding steroid dienone is 1. The van der Waals surface area contributed by atoms with E-state index in [9.17, 15) is 19.8 Å². The molecule has 2 N–H and O–H groups in total. The van der Waals surface area contributed by atoms with E-state index in [0.717, 1.165) is 0 Å². The van der Waals surface area contributed by atoms with Gasteiger partial charge in [0.25, 0.3) is 0 Å². The normalized spacial score (nSPS) is 36.5. The molecule has 0 saturated carbocycles. The summed E-state index contributed by atoms with van der Waals surface area (Å²) < 4.78 is 17.6. The third-order valence-corrected chi connectivity index (χ3v) is 5.80. The maximum Gasteiger partial charge on any atom is 0.302 e. The molecular formula is C21H32O7. The van der Waals surface area contributed by atoms with Gasteiger partial charge in [-0.15, -0.1) is 0 Å². The molecule has 0 spiro atoms. The quantitative estimate of drug-likeness (QED) is 0.453. The third-order valence-electron chi connectivity index (χ3n) is 5.80. The molecule has 2 heterocycles. The van der Waals surface area contributed by atoms with Crippen LogP contribution in [-0.2, 0) is 23.8 Å². The molecule has 158 valence electrons. The van der Waals surface area contributed by atoms with Crippen LogP contribution in [0.25, 0.3) is 0 Å². The number of aliphatic hydroxyl groups excluding tert-OH is 2. The molecule has 0 unspecified atom stereocenters. The SMILES string of the molecule is C=C([C@H](O)CC(=O)CC)[C@@]12O[C@H]([C@@H](C)/C=C\C)[C@@](C)(O1)[C@@H](O)[C@H]2COC(C)=O. The lowest BCUT2D eigenvalue weighted by atomic mass is 9.75. The third kappa shape index (κ3) is 3.81. The van der Waals surface area contributed by atoms with E-state index in [0.29, 0.717) is 0 Å². The van der Waals surface area contributed by atoms with E-state index in [-0.39, 0.29) is 36.7 Å². The maximum atomic E-state index is 11.8. The molecule has 0 amide bonds. The molecule has 7 nitrogen and oxygen atoms in total. The summed E-state index contributed by atoms with van der Waals surface area (Å²) in [5.74, 6) is -3.02. The Bertz CT molecular complexity index is 657. The molecular weight excluding hydrogens is 364 g/mol. The van der Waals surface area contributed by atoms with Crippen molar-refractivity contribution in [2.75, 3.05) is 6.61 Å². The zero-order valence-electron chi connectivity index (χ0n) is 17.3. The van der Waals surface area contributed by atoms with Crippen molar-refractivity contribution >= 4 is 11.8 Å². The molecule has 2 bridgehead atoms. The van der Waals surface area contributed by atoms with Crippen LogP contribution < -0.4 is 0 Å². The highest BCUT2D eigenvalue weighted by Gasteiger charge is 2.73. The Kier molecular flexibility index (Phi) is 6.86. The molecule has 7 heteroatoms. The first-order valence-electron chi connectivity index (χ1n) is 9.74. The highest BCUT2D eigenvalue weighted by Crippen LogP contribution is 2.58. The van der Waals surface area contributed by atoms with Crippen LogP contribution >= 0.6 is 0 Å². The molecule has 28 heavy (non-hydrogen) atoms. The van der Waals surface area contributed by atoms with Gasteiger partial charge in [-0.2, -0.15) is 0 Å². The standard InChI is InChI=1S/C21H32O7/c1-7-9-12(3)19-20(6)18(25)16(11-26-14(5)22)21(27-19,28-20)13(4)17(24)10-15(23)8-2/h7,9,12,16-19,24-25H,4,8,10-11H2,1-3,5-6H3/b9-7-/t12-,16+,17+,18-,19+,20-,21+/m0/s1. The van der Waals surface area contributed by atoms with Gasteiger partial charge in [0.2, 0.25) is 5.79 Å². The van der Waals surface area contributed by atoms with E-state index < -0.39 is 41.6 Å². The number of carbonyl (C=O) groups excluding carboxylic acids is 2. The number of Topliss-reactive ketones (excluding diaryl/α,β-unsaturated/α-hetero) is 1. The fourth-order valence-corrected chi connectivity index (χ4v) is 4.25. The van der Waals surface area contributed by atoms with Crippen LogP contribution in [0, 0.1) is 11.8 Å². The Morgan fingerprint density at radius 2 is 2.04 bits per heavy atom. The average Bonchev–Trinajstić information content (AvgIpc) is 3.06. The summed E-state index contributed by atoms with van der Waals surface area (Å²) in [7, 11) is 0. The van der Waals surface area contributed by atoms with E-state index in [1.165, 1.54) is 6.92 Å². The van der Waals surface area contributed by atoms with Gasteiger partial charge in [0, 0.05) is 31.3 Å². The molecule has 0 aromatic heterocycles. The number of aliphatic hydroxyl groups is 2. The molecule has 0 aromatic carbocycles. The van der Waals surface area contributed by atoms with Crippen LogP contribution in [0.1, 0.15) is 47.5 Å². The summed E-state index contributed by atoms with van der Waals surface area (Å²) in [6.07, 6.45) is 1.30. The molecule has 7 atom stereocenters. The van der Waals surface area contributed by atoms with Crippen molar-refractivity contribution in [1.29, 1.82) is 0 Å². The second-order valence-electron chi connectivity index (χ2n) is 7.87. The highest BCUT2D eigenvalue weighted by atomic mass is 16.8. The van der Waals surface area contributed by atoms with E-state index >= 15 is 0 Å². The van der Waals surface area contributed by atoms with Gasteiger partial charge in [-0.05, 0) is 13.8 Å². The zero-order valence-corrected chi connectivity index (χ0v) is 17.3. The van der Waals surface area contributed by atoms with Gasteiger partial charge in [-0.3, -0.25) is 9.59 Å². The first-order chi connectivity index (χ1) is 13.0. The van der Waals surface area contributed by atoms with E-state index in [1.807, 2.05) is 26.0 Å². The summed E-state index contributed by atoms with van der Waals surface area (Å²) in [5, 5.41) is 21.7. The summed E-state index contributed by atoms with van der Waals surface area (Å²) in [5.41, 5.74) is -0.925. The van der Waals surface area contributed by atoms with Gasteiger partial charge in [-0.25, -0.2) is 0 Å². The monoisotopic (exact) mass is 396 g/mol.